The van der Waals surface area contributed by atoms with Crippen LogP contribution in [-0.4, -0.2) is 56.9 Å². The van der Waals surface area contributed by atoms with Crippen LogP contribution in [0.2, 0.25) is 0 Å². The number of rotatable bonds is 8. The zero-order valence-electron chi connectivity index (χ0n) is 16.8. The molecule has 0 radical (unpaired) electrons. The van der Waals surface area contributed by atoms with E-state index in [1.54, 1.807) is 18.1 Å². The lowest BCUT2D eigenvalue weighted by atomic mass is 10.2. The molecule has 154 valence electrons. The first-order chi connectivity index (χ1) is 14.1. The number of aryl methyl sites for hydroxylation is 1. The van der Waals surface area contributed by atoms with Crippen LogP contribution in [0.1, 0.15) is 55.6 Å². The van der Waals surface area contributed by atoms with E-state index in [-0.39, 0.29) is 23.8 Å². The Morgan fingerprint density at radius 1 is 1.24 bits per heavy atom. The number of aromatic nitrogens is 3. The van der Waals surface area contributed by atoms with Crippen LogP contribution in [0.15, 0.2) is 28.9 Å². The minimum Gasteiger partial charge on any atom is -0.345 e. The van der Waals surface area contributed by atoms with Gasteiger partial charge in [0.25, 0.3) is 0 Å². The molecule has 0 aromatic carbocycles. The fraction of sp³-hybridized carbons (Fsp3) is 0.571. The van der Waals surface area contributed by atoms with Crippen molar-refractivity contribution in [2.45, 2.75) is 51.0 Å². The van der Waals surface area contributed by atoms with E-state index >= 15 is 0 Å². The molecule has 1 saturated heterocycles. The summed E-state index contributed by atoms with van der Waals surface area (Å²) < 4.78 is 5.36. The van der Waals surface area contributed by atoms with Crippen molar-refractivity contribution in [3.05, 3.63) is 41.8 Å². The van der Waals surface area contributed by atoms with Gasteiger partial charge >= 0.3 is 0 Å². The second kappa shape index (κ2) is 8.71. The summed E-state index contributed by atoms with van der Waals surface area (Å²) in [5, 5.41) is 4.10. The van der Waals surface area contributed by atoms with E-state index in [9.17, 15) is 9.59 Å². The van der Waals surface area contributed by atoms with Crippen molar-refractivity contribution in [3.8, 4) is 0 Å². The van der Waals surface area contributed by atoms with E-state index in [0.29, 0.717) is 31.1 Å². The summed E-state index contributed by atoms with van der Waals surface area (Å²) in [6.07, 6.45) is 7.03. The number of pyridine rings is 1. The largest absolute Gasteiger partial charge is 0.345 e. The fourth-order valence-electron chi connectivity index (χ4n) is 3.73. The number of likely N-dealkylation sites (tertiary alicyclic amines) is 1. The molecule has 1 saturated carbocycles. The summed E-state index contributed by atoms with van der Waals surface area (Å²) >= 11 is 0. The standard InChI is InChI=1S/C21H27N5O3/c1-25(14-11-16-5-2-3-12-22-16)19(27)10-9-18-23-20(24-29-18)17-6-4-13-26(17)21(28)15-7-8-15/h2-3,5,12,15,17H,4,6-11,13-14H2,1H3. The lowest BCUT2D eigenvalue weighted by molar-refractivity contribution is -0.133. The summed E-state index contributed by atoms with van der Waals surface area (Å²) in [4.78, 5) is 37.2. The van der Waals surface area contributed by atoms with Crippen molar-refractivity contribution < 1.29 is 14.1 Å². The third kappa shape index (κ3) is 4.81. The Hall–Kier alpha value is -2.77. The Bertz CT molecular complexity index is 849. The lowest BCUT2D eigenvalue weighted by Gasteiger charge is -2.21. The van der Waals surface area contributed by atoms with Gasteiger partial charge in [-0.25, -0.2) is 0 Å². The maximum Gasteiger partial charge on any atom is 0.227 e. The minimum absolute atomic E-state index is 0.0343. The smallest absolute Gasteiger partial charge is 0.227 e. The molecule has 1 aliphatic heterocycles. The number of hydrogen-bond acceptors (Lipinski definition) is 6. The molecule has 0 N–H and O–H groups in total. The number of amides is 2. The average molecular weight is 397 g/mol. The third-order valence-corrected chi connectivity index (χ3v) is 5.65. The zero-order chi connectivity index (χ0) is 20.2. The molecule has 3 heterocycles. The summed E-state index contributed by atoms with van der Waals surface area (Å²) in [7, 11) is 1.80. The molecule has 1 atom stereocenters. The van der Waals surface area contributed by atoms with Crippen molar-refractivity contribution in [3.63, 3.8) is 0 Å². The van der Waals surface area contributed by atoms with Gasteiger partial charge in [-0.15, -0.1) is 0 Å². The first kappa shape index (κ1) is 19.5. The number of carbonyl (C=O) groups excluding carboxylic acids is 2. The molecule has 2 aromatic rings. The summed E-state index contributed by atoms with van der Waals surface area (Å²) in [6.45, 7) is 1.38. The highest BCUT2D eigenvalue weighted by atomic mass is 16.5. The van der Waals surface area contributed by atoms with E-state index in [1.807, 2.05) is 23.1 Å². The molecule has 0 spiro atoms. The molecule has 1 aliphatic carbocycles. The predicted molar refractivity (Wildman–Crippen MR) is 105 cm³/mol. The van der Waals surface area contributed by atoms with E-state index < -0.39 is 0 Å². The van der Waals surface area contributed by atoms with Gasteiger partial charge in [0.2, 0.25) is 17.7 Å². The molecule has 2 amide bonds. The molecule has 8 nitrogen and oxygen atoms in total. The predicted octanol–water partition coefficient (Wildman–Crippen LogP) is 2.17. The fourth-order valence-corrected chi connectivity index (χ4v) is 3.73. The van der Waals surface area contributed by atoms with Gasteiger partial charge in [0.1, 0.15) is 0 Å². The highest BCUT2D eigenvalue weighted by Crippen LogP contribution is 2.37. The minimum atomic E-state index is -0.0858. The van der Waals surface area contributed by atoms with Crippen LogP contribution in [0.25, 0.3) is 0 Å². The van der Waals surface area contributed by atoms with Crippen molar-refractivity contribution >= 4 is 11.8 Å². The number of hydrogen-bond donors (Lipinski definition) is 0. The number of carbonyl (C=O) groups is 2. The normalized spacial score (nSPS) is 18.8. The number of nitrogens with zero attached hydrogens (tertiary/aromatic N) is 5. The first-order valence-electron chi connectivity index (χ1n) is 10.4. The van der Waals surface area contributed by atoms with Crippen molar-refractivity contribution in [1.82, 2.24) is 24.9 Å². The quantitative estimate of drug-likeness (QED) is 0.678. The molecular weight excluding hydrogens is 370 g/mol. The molecule has 0 bridgehead atoms. The molecule has 8 heteroatoms. The average Bonchev–Trinajstić information content (AvgIpc) is 3.29. The van der Waals surface area contributed by atoms with Crippen LogP contribution in [0.4, 0.5) is 0 Å². The first-order valence-corrected chi connectivity index (χ1v) is 10.4. The summed E-state index contributed by atoms with van der Waals surface area (Å²) in [6, 6.07) is 5.70. The van der Waals surface area contributed by atoms with Gasteiger partial charge in [0.05, 0.1) is 6.04 Å². The van der Waals surface area contributed by atoms with Gasteiger partial charge in [0, 0.05) is 57.2 Å². The highest BCUT2D eigenvalue weighted by molar-refractivity contribution is 5.81. The molecule has 2 fully saturated rings. The Balaban J connectivity index is 1.26. The molecule has 29 heavy (non-hydrogen) atoms. The van der Waals surface area contributed by atoms with E-state index in [0.717, 1.165) is 44.3 Å². The van der Waals surface area contributed by atoms with Gasteiger partial charge in [-0.05, 0) is 37.8 Å². The van der Waals surface area contributed by atoms with Crippen LogP contribution in [-0.2, 0) is 22.4 Å². The van der Waals surface area contributed by atoms with Gasteiger partial charge in [0.15, 0.2) is 5.82 Å². The van der Waals surface area contributed by atoms with Gasteiger partial charge in [-0.2, -0.15) is 4.98 Å². The molecule has 2 aromatic heterocycles. The van der Waals surface area contributed by atoms with Crippen LogP contribution in [0.5, 0.6) is 0 Å². The van der Waals surface area contributed by atoms with E-state index in [1.165, 1.54) is 0 Å². The molecule has 2 aliphatic rings. The molecule has 1 unspecified atom stereocenters. The SMILES string of the molecule is CN(CCc1ccccn1)C(=O)CCc1nc(C2CCCN2C(=O)C2CC2)no1. The monoisotopic (exact) mass is 397 g/mol. The van der Waals surface area contributed by atoms with E-state index in [4.69, 9.17) is 4.52 Å². The Morgan fingerprint density at radius 2 is 2.10 bits per heavy atom. The van der Waals surface area contributed by atoms with Crippen LogP contribution in [0.3, 0.4) is 0 Å². The maximum absolute atomic E-state index is 12.4. The molecule has 4 rings (SSSR count). The third-order valence-electron chi connectivity index (χ3n) is 5.65. The highest BCUT2D eigenvalue weighted by Gasteiger charge is 2.40. The Morgan fingerprint density at radius 3 is 2.86 bits per heavy atom. The second-order valence-electron chi connectivity index (χ2n) is 7.90. The lowest BCUT2D eigenvalue weighted by Crippen LogP contribution is -2.32. The zero-order valence-corrected chi connectivity index (χ0v) is 16.8. The topological polar surface area (TPSA) is 92.4 Å². The Labute approximate surface area is 170 Å². The Kier molecular flexibility index (Phi) is 5.87. The van der Waals surface area contributed by atoms with Gasteiger partial charge < -0.3 is 14.3 Å². The summed E-state index contributed by atoms with van der Waals surface area (Å²) in [5.41, 5.74) is 0.968. The van der Waals surface area contributed by atoms with Crippen LogP contribution >= 0.6 is 0 Å². The maximum atomic E-state index is 12.4. The molecular formula is C21H27N5O3. The second-order valence-corrected chi connectivity index (χ2v) is 7.90. The number of likely N-dealkylation sites (N-methyl/N-ethyl adjacent to an activating group) is 1. The van der Waals surface area contributed by atoms with Gasteiger partial charge in [-0.1, -0.05) is 11.2 Å². The van der Waals surface area contributed by atoms with Crippen LogP contribution < -0.4 is 0 Å². The van der Waals surface area contributed by atoms with Crippen LogP contribution in [0, 0.1) is 5.92 Å². The van der Waals surface area contributed by atoms with E-state index in [2.05, 4.69) is 15.1 Å². The summed E-state index contributed by atoms with van der Waals surface area (Å²) in [5.74, 6) is 1.48. The van der Waals surface area contributed by atoms with Crippen molar-refractivity contribution in [2.75, 3.05) is 20.1 Å². The van der Waals surface area contributed by atoms with Crippen molar-refractivity contribution in [2.24, 2.45) is 5.92 Å². The van der Waals surface area contributed by atoms with Gasteiger partial charge in [-0.3, -0.25) is 14.6 Å². The van der Waals surface area contributed by atoms with Crippen molar-refractivity contribution in [1.29, 1.82) is 0 Å².